The molecular weight excluding hydrogens is 425 g/mol. The predicted molar refractivity (Wildman–Crippen MR) is 110 cm³/mol. The van der Waals surface area contributed by atoms with Gasteiger partial charge in [0.1, 0.15) is 17.1 Å². The van der Waals surface area contributed by atoms with Gasteiger partial charge in [0, 0.05) is 44.6 Å². The van der Waals surface area contributed by atoms with Gasteiger partial charge in [0.05, 0.1) is 36.9 Å². The first-order valence-corrected chi connectivity index (χ1v) is 10.4. The second-order valence-electron chi connectivity index (χ2n) is 8.03. The summed E-state index contributed by atoms with van der Waals surface area (Å²) in [4.78, 5) is 24.5. The van der Waals surface area contributed by atoms with Crippen LogP contribution in [0, 0.1) is 17.2 Å². The first-order valence-electron chi connectivity index (χ1n) is 10.4. The number of halogens is 3. The van der Waals surface area contributed by atoms with E-state index in [9.17, 15) is 23.2 Å². The summed E-state index contributed by atoms with van der Waals surface area (Å²) in [5, 5.41) is 12.1. The number of amides is 1. The first kappa shape index (κ1) is 22.2. The summed E-state index contributed by atoms with van der Waals surface area (Å²) in [5.41, 5.74) is 1.48. The lowest BCUT2D eigenvalue weighted by molar-refractivity contribution is -0.178. The molecule has 8 nitrogen and oxygen atoms in total. The number of ether oxygens (including phenoxy) is 1. The van der Waals surface area contributed by atoms with Gasteiger partial charge in [0.2, 0.25) is 5.91 Å². The number of nitriles is 1. The largest absolute Gasteiger partial charge is 0.393 e. The topological polar surface area (TPSA) is 94.4 Å². The average molecular weight is 448 g/mol. The van der Waals surface area contributed by atoms with E-state index in [1.165, 1.54) is 18.5 Å². The number of morpholine rings is 1. The van der Waals surface area contributed by atoms with Gasteiger partial charge < -0.3 is 15.0 Å². The molecule has 3 heterocycles. The summed E-state index contributed by atoms with van der Waals surface area (Å²) < 4.78 is 46.4. The molecule has 2 aliphatic heterocycles. The Morgan fingerprint density at radius 2 is 1.91 bits per heavy atom. The Hall–Kier alpha value is -2.97. The Labute approximate surface area is 183 Å². The van der Waals surface area contributed by atoms with Crippen LogP contribution in [0.3, 0.4) is 0 Å². The van der Waals surface area contributed by atoms with Gasteiger partial charge in [0.15, 0.2) is 0 Å². The number of hydrogen-bond acceptors (Lipinski definition) is 7. The van der Waals surface area contributed by atoms with Gasteiger partial charge in [-0.2, -0.15) is 18.4 Å². The van der Waals surface area contributed by atoms with E-state index in [1.54, 1.807) is 11.0 Å². The number of hydrogen-bond donors (Lipinski definition) is 1. The fraction of sp³-hybridized carbons (Fsp3) is 0.524. The fourth-order valence-corrected chi connectivity index (χ4v) is 4.26. The Bertz CT molecular complexity index is 1020. The molecule has 32 heavy (non-hydrogen) atoms. The summed E-state index contributed by atoms with van der Waals surface area (Å²) >= 11 is 0. The van der Waals surface area contributed by atoms with E-state index in [2.05, 4.69) is 15.3 Å². The average Bonchev–Trinajstić information content (AvgIpc) is 2.78. The number of carbonyl (C=O) groups is 1. The normalized spacial score (nSPS) is 22.5. The highest BCUT2D eigenvalue weighted by Gasteiger charge is 2.45. The van der Waals surface area contributed by atoms with E-state index in [-0.39, 0.29) is 32.0 Å². The lowest BCUT2D eigenvalue weighted by atomic mass is 9.92. The number of nitrogens with one attached hydrogen (secondary N) is 1. The quantitative estimate of drug-likeness (QED) is 0.761. The summed E-state index contributed by atoms with van der Waals surface area (Å²) in [6.45, 7) is 2.38. The number of anilines is 1. The summed E-state index contributed by atoms with van der Waals surface area (Å²) in [5.74, 6) is -1.91. The second-order valence-corrected chi connectivity index (χ2v) is 8.03. The molecule has 0 spiro atoms. The third-order valence-electron chi connectivity index (χ3n) is 5.81. The zero-order valence-electron chi connectivity index (χ0n) is 17.3. The molecule has 4 rings (SSSR count). The van der Waals surface area contributed by atoms with Crippen molar-refractivity contribution in [3.8, 4) is 6.07 Å². The molecule has 2 atom stereocenters. The van der Waals surface area contributed by atoms with Crippen molar-refractivity contribution >= 4 is 22.6 Å². The van der Waals surface area contributed by atoms with Crippen LogP contribution in [0.15, 0.2) is 24.5 Å². The maximum Gasteiger partial charge on any atom is 0.393 e. The van der Waals surface area contributed by atoms with Crippen molar-refractivity contribution in [1.29, 1.82) is 5.26 Å². The van der Waals surface area contributed by atoms with E-state index in [0.29, 0.717) is 48.6 Å². The Kier molecular flexibility index (Phi) is 6.43. The monoisotopic (exact) mass is 448 g/mol. The van der Waals surface area contributed by atoms with Crippen molar-refractivity contribution in [3.05, 3.63) is 30.1 Å². The Morgan fingerprint density at radius 3 is 2.59 bits per heavy atom. The van der Waals surface area contributed by atoms with Crippen LogP contribution < -0.4 is 10.2 Å². The van der Waals surface area contributed by atoms with Gasteiger partial charge in [-0.05, 0) is 18.6 Å². The molecule has 2 aliphatic rings. The highest BCUT2D eigenvalue weighted by Crippen LogP contribution is 2.36. The minimum Gasteiger partial charge on any atom is -0.379 e. The number of benzene rings is 1. The highest BCUT2D eigenvalue weighted by atomic mass is 19.4. The van der Waals surface area contributed by atoms with Gasteiger partial charge in [-0.1, -0.05) is 0 Å². The lowest BCUT2D eigenvalue weighted by Gasteiger charge is -2.40. The molecule has 1 N–H and O–H groups in total. The minimum atomic E-state index is -4.40. The number of fused-ring (bicyclic) bond motifs is 1. The van der Waals surface area contributed by atoms with Crippen molar-refractivity contribution in [1.82, 2.24) is 20.2 Å². The molecule has 11 heteroatoms. The lowest BCUT2D eigenvalue weighted by Crippen LogP contribution is -2.55. The summed E-state index contributed by atoms with van der Waals surface area (Å²) in [6, 6.07) is 4.50. The number of rotatable bonds is 4. The van der Waals surface area contributed by atoms with Crippen LogP contribution in [0.2, 0.25) is 0 Å². The minimum absolute atomic E-state index is 0.127. The number of carbonyl (C=O) groups excluding carboxylic acids is 1. The van der Waals surface area contributed by atoms with Crippen LogP contribution in [0.4, 0.5) is 18.9 Å². The Balaban J connectivity index is 1.56. The number of piperidine rings is 1. The number of aromatic nitrogens is 2. The molecule has 1 aromatic carbocycles. The van der Waals surface area contributed by atoms with Crippen molar-refractivity contribution in [3.63, 3.8) is 0 Å². The molecular formula is C21H23F3N6O2. The molecule has 170 valence electrons. The maximum atomic E-state index is 13.7. The van der Waals surface area contributed by atoms with Crippen molar-refractivity contribution in [2.75, 3.05) is 50.8 Å². The molecule has 0 radical (unpaired) electrons. The van der Waals surface area contributed by atoms with Gasteiger partial charge in [0.25, 0.3) is 0 Å². The zero-order chi connectivity index (χ0) is 22.7. The molecule has 0 aliphatic carbocycles. The molecule has 1 amide bonds. The summed E-state index contributed by atoms with van der Waals surface area (Å²) in [7, 11) is 0. The predicted octanol–water partition coefficient (Wildman–Crippen LogP) is 1.71. The smallest absolute Gasteiger partial charge is 0.379 e. The van der Waals surface area contributed by atoms with Crippen LogP contribution in [-0.4, -0.2) is 78.9 Å². The Morgan fingerprint density at radius 1 is 1.19 bits per heavy atom. The number of alkyl halides is 3. The zero-order valence-corrected chi connectivity index (χ0v) is 17.3. The van der Waals surface area contributed by atoms with Crippen LogP contribution in [-0.2, 0) is 9.53 Å². The first-order chi connectivity index (χ1) is 15.3. The van der Waals surface area contributed by atoms with Crippen LogP contribution in [0.25, 0.3) is 11.0 Å². The second kappa shape index (κ2) is 9.26. The summed E-state index contributed by atoms with van der Waals surface area (Å²) in [6.07, 6.45) is -1.70. The van der Waals surface area contributed by atoms with E-state index >= 15 is 0 Å². The molecule has 1 aromatic heterocycles. The third-order valence-corrected chi connectivity index (χ3v) is 5.81. The van der Waals surface area contributed by atoms with Crippen LogP contribution in [0.1, 0.15) is 12.0 Å². The van der Waals surface area contributed by atoms with Gasteiger partial charge in [-0.3, -0.25) is 19.7 Å². The third kappa shape index (κ3) is 4.92. The SMILES string of the molecule is N#Cc1ccc(N2C[C@H](NC(=O)CN3CCOCC3)C[C@H](C(F)(F)F)C2)c2nccnc12. The molecule has 2 fully saturated rings. The molecule has 0 bridgehead atoms. The van der Waals surface area contributed by atoms with Crippen LogP contribution in [0.5, 0.6) is 0 Å². The van der Waals surface area contributed by atoms with Crippen molar-refractivity contribution in [2.24, 2.45) is 5.92 Å². The van der Waals surface area contributed by atoms with E-state index in [0.717, 1.165) is 0 Å². The molecule has 2 aromatic rings. The fourth-order valence-electron chi connectivity index (χ4n) is 4.26. The highest BCUT2D eigenvalue weighted by molar-refractivity contribution is 5.92. The molecule has 0 unspecified atom stereocenters. The van der Waals surface area contributed by atoms with Gasteiger partial charge in [-0.25, -0.2) is 0 Å². The van der Waals surface area contributed by atoms with E-state index < -0.39 is 18.1 Å². The maximum absolute atomic E-state index is 13.7. The molecule has 2 saturated heterocycles. The van der Waals surface area contributed by atoms with E-state index in [1.807, 2.05) is 11.0 Å². The molecule has 0 saturated carbocycles. The standard InChI is InChI=1S/C21H23F3N6O2/c22-21(23,24)15-9-16(28-18(31)13-29-5-7-32-8-6-29)12-30(11-15)17-2-1-14(10-25)19-20(17)27-4-3-26-19/h1-4,15-16H,5-9,11-13H2,(H,28,31)/t15-,16+/m0/s1. The van der Waals surface area contributed by atoms with Crippen molar-refractivity contribution < 1.29 is 22.7 Å². The van der Waals surface area contributed by atoms with Gasteiger partial charge in [-0.15, -0.1) is 0 Å². The number of nitrogens with zero attached hydrogens (tertiary/aromatic N) is 5. The van der Waals surface area contributed by atoms with Crippen LogP contribution >= 0.6 is 0 Å². The van der Waals surface area contributed by atoms with Crippen molar-refractivity contribution in [2.45, 2.75) is 18.6 Å². The van der Waals surface area contributed by atoms with Gasteiger partial charge >= 0.3 is 6.18 Å². The van der Waals surface area contributed by atoms with E-state index in [4.69, 9.17) is 4.74 Å².